The molecule has 15 heavy (non-hydrogen) atoms. The number of hydrogen-bond acceptors (Lipinski definition) is 2. The summed E-state index contributed by atoms with van der Waals surface area (Å²) in [5, 5.41) is 2.83. The summed E-state index contributed by atoms with van der Waals surface area (Å²) < 4.78 is 41.5. The van der Waals surface area contributed by atoms with Crippen molar-refractivity contribution in [1.82, 2.24) is 5.32 Å². The van der Waals surface area contributed by atoms with E-state index in [-0.39, 0.29) is 12.5 Å². The Morgan fingerprint density at radius 3 is 2.60 bits per heavy atom. The fraction of sp³-hybridized carbons (Fsp3) is 0.556. The third-order valence-corrected chi connectivity index (χ3v) is 2.73. The van der Waals surface area contributed by atoms with Crippen molar-refractivity contribution in [2.75, 3.05) is 7.05 Å². The van der Waals surface area contributed by atoms with Gasteiger partial charge in [0, 0.05) is 18.0 Å². The predicted molar refractivity (Wildman–Crippen MR) is 53.5 cm³/mol. The molecular weight excluding hydrogens is 275 g/mol. The van der Waals surface area contributed by atoms with Crippen molar-refractivity contribution in [3.05, 3.63) is 22.6 Å². The Morgan fingerprint density at radius 1 is 1.53 bits per heavy atom. The van der Waals surface area contributed by atoms with Crippen molar-refractivity contribution in [3.63, 3.8) is 0 Å². The van der Waals surface area contributed by atoms with E-state index >= 15 is 0 Å². The van der Waals surface area contributed by atoms with Gasteiger partial charge < -0.3 is 9.73 Å². The van der Waals surface area contributed by atoms with Gasteiger partial charge in [0.2, 0.25) is 0 Å². The molecule has 0 aliphatic carbocycles. The van der Waals surface area contributed by atoms with Crippen molar-refractivity contribution in [2.45, 2.75) is 25.1 Å². The van der Waals surface area contributed by atoms with Crippen LogP contribution in [0, 0.1) is 0 Å². The number of alkyl halides is 3. The molecule has 0 aromatic carbocycles. The van der Waals surface area contributed by atoms with Crippen LogP contribution in [-0.4, -0.2) is 13.2 Å². The molecule has 2 nitrogen and oxygen atoms in total. The topological polar surface area (TPSA) is 25.2 Å². The molecule has 1 aromatic rings. The van der Waals surface area contributed by atoms with E-state index in [0.29, 0.717) is 10.2 Å². The summed E-state index contributed by atoms with van der Waals surface area (Å²) in [6, 6.07) is 1.31. The van der Waals surface area contributed by atoms with E-state index < -0.39 is 12.6 Å². The standard InChI is InChI=1S/C9H11BrF3NO/c1-14-7(2-4-9(11,12)13)6-3-5-15-8(6)10/h3,5,7,14H,2,4H2,1H3. The monoisotopic (exact) mass is 285 g/mol. The fourth-order valence-corrected chi connectivity index (χ4v) is 1.83. The van der Waals surface area contributed by atoms with Crippen LogP contribution in [0.1, 0.15) is 24.4 Å². The summed E-state index contributed by atoms with van der Waals surface area (Å²) in [6.45, 7) is 0. The SMILES string of the molecule is CNC(CCC(F)(F)F)c1ccoc1Br. The predicted octanol–water partition coefficient (Wildman–Crippen LogP) is 3.65. The third-order valence-electron chi connectivity index (χ3n) is 2.09. The molecule has 0 amide bonds. The highest BCUT2D eigenvalue weighted by Crippen LogP contribution is 2.31. The second kappa shape index (κ2) is 5.03. The van der Waals surface area contributed by atoms with Crippen molar-refractivity contribution in [1.29, 1.82) is 0 Å². The van der Waals surface area contributed by atoms with E-state index in [2.05, 4.69) is 21.2 Å². The summed E-state index contributed by atoms with van der Waals surface area (Å²) in [6.07, 6.45) is -3.49. The molecule has 0 saturated heterocycles. The molecule has 0 aliphatic heterocycles. The zero-order chi connectivity index (χ0) is 11.5. The van der Waals surface area contributed by atoms with Crippen LogP contribution in [0.25, 0.3) is 0 Å². The molecule has 0 aliphatic rings. The fourth-order valence-electron chi connectivity index (χ4n) is 1.32. The van der Waals surface area contributed by atoms with Crippen molar-refractivity contribution in [3.8, 4) is 0 Å². The first-order valence-electron chi connectivity index (χ1n) is 4.41. The van der Waals surface area contributed by atoms with Crippen LogP contribution in [0.2, 0.25) is 0 Å². The zero-order valence-electron chi connectivity index (χ0n) is 8.07. The maximum atomic E-state index is 12.0. The van der Waals surface area contributed by atoms with Gasteiger partial charge in [-0.25, -0.2) is 0 Å². The molecule has 1 rings (SSSR count). The number of rotatable bonds is 4. The molecule has 1 atom stereocenters. The number of nitrogens with one attached hydrogen (secondary N) is 1. The highest BCUT2D eigenvalue weighted by atomic mass is 79.9. The number of furan rings is 1. The lowest BCUT2D eigenvalue weighted by Crippen LogP contribution is -2.19. The normalized spacial score (nSPS) is 14.2. The first kappa shape index (κ1) is 12.6. The Kier molecular flexibility index (Phi) is 4.21. The molecule has 1 unspecified atom stereocenters. The molecule has 1 N–H and O–H groups in total. The molecule has 86 valence electrons. The average Bonchev–Trinajstić information content (AvgIpc) is 2.52. The summed E-state index contributed by atoms with van der Waals surface area (Å²) >= 11 is 3.14. The van der Waals surface area contributed by atoms with Gasteiger partial charge in [-0.05, 0) is 35.5 Å². The van der Waals surface area contributed by atoms with Gasteiger partial charge in [0.15, 0.2) is 4.67 Å². The summed E-state index contributed by atoms with van der Waals surface area (Å²) in [5.74, 6) is 0. The quantitative estimate of drug-likeness (QED) is 0.914. The van der Waals surface area contributed by atoms with Crippen LogP contribution in [0.4, 0.5) is 13.2 Å². The van der Waals surface area contributed by atoms with Gasteiger partial charge in [-0.2, -0.15) is 13.2 Å². The minimum Gasteiger partial charge on any atom is -0.457 e. The molecule has 0 radical (unpaired) electrons. The Balaban J connectivity index is 2.61. The van der Waals surface area contributed by atoms with Gasteiger partial charge in [-0.1, -0.05) is 0 Å². The van der Waals surface area contributed by atoms with Crippen LogP contribution in [0.15, 0.2) is 21.4 Å². The first-order valence-corrected chi connectivity index (χ1v) is 5.20. The van der Waals surface area contributed by atoms with Crippen LogP contribution in [0.3, 0.4) is 0 Å². The smallest absolute Gasteiger partial charge is 0.389 e. The van der Waals surface area contributed by atoms with Gasteiger partial charge in [0.05, 0.1) is 6.26 Å². The molecule has 1 heterocycles. The molecule has 0 bridgehead atoms. The maximum absolute atomic E-state index is 12.0. The molecule has 6 heteroatoms. The Labute approximate surface area is 94.0 Å². The third kappa shape index (κ3) is 3.87. The van der Waals surface area contributed by atoms with E-state index in [1.54, 1.807) is 13.1 Å². The number of hydrogen-bond donors (Lipinski definition) is 1. The van der Waals surface area contributed by atoms with Gasteiger partial charge >= 0.3 is 6.18 Å². The van der Waals surface area contributed by atoms with Crippen molar-refractivity contribution < 1.29 is 17.6 Å². The lowest BCUT2D eigenvalue weighted by atomic mass is 10.1. The second-order valence-electron chi connectivity index (χ2n) is 3.14. The van der Waals surface area contributed by atoms with E-state index in [9.17, 15) is 13.2 Å². The largest absolute Gasteiger partial charge is 0.457 e. The molecule has 0 saturated carbocycles. The minimum atomic E-state index is -4.12. The van der Waals surface area contributed by atoms with Crippen molar-refractivity contribution in [2.24, 2.45) is 0 Å². The Hall–Kier alpha value is -0.490. The summed E-state index contributed by atoms with van der Waals surface area (Å²) in [7, 11) is 1.63. The van der Waals surface area contributed by atoms with Crippen LogP contribution in [0.5, 0.6) is 0 Å². The lowest BCUT2D eigenvalue weighted by molar-refractivity contribution is -0.136. The summed E-state index contributed by atoms with van der Waals surface area (Å²) in [4.78, 5) is 0. The Bertz CT molecular complexity index is 311. The summed E-state index contributed by atoms with van der Waals surface area (Å²) in [5.41, 5.74) is 0.710. The van der Waals surface area contributed by atoms with Gasteiger partial charge in [-0.3, -0.25) is 0 Å². The first-order chi connectivity index (χ1) is 6.94. The number of halogens is 4. The maximum Gasteiger partial charge on any atom is 0.389 e. The van der Waals surface area contributed by atoms with E-state index in [1.807, 2.05) is 0 Å². The van der Waals surface area contributed by atoms with Gasteiger partial charge in [-0.15, -0.1) is 0 Å². The Morgan fingerprint density at radius 2 is 2.20 bits per heavy atom. The average molecular weight is 286 g/mol. The van der Waals surface area contributed by atoms with E-state index in [4.69, 9.17) is 4.42 Å². The molecular formula is C9H11BrF3NO. The van der Waals surface area contributed by atoms with E-state index in [1.165, 1.54) is 6.26 Å². The highest BCUT2D eigenvalue weighted by molar-refractivity contribution is 9.10. The minimum absolute atomic E-state index is 0.00185. The van der Waals surface area contributed by atoms with Crippen LogP contribution in [-0.2, 0) is 0 Å². The van der Waals surface area contributed by atoms with E-state index in [0.717, 1.165) is 0 Å². The van der Waals surface area contributed by atoms with Crippen molar-refractivity contribution >= 4 is 15.9 Å². The second-order valence-corrected chi connectivity index (χ2v) is 3.87. The molecule has 0 fully saturated rings. The van der Waals surface area contributed by atoms with Gasteiger partial charge in [0.25, 0.3) is 0 Å². The van der Waals surface area contributed by atoms with Crippen LogP contribution < -0.4 is 5.32 Å². The van der Waals surface area contributed by atoms with Gasteiger partial charge in [0.1, 0.15) is 0 Å². The molecule has 1 aromatic heterocycles. The highest BCUT2D eigenvalue weighted by Gasteiger charge is 2.29. The zero-order valence-corrected chi connectivity index (χ0v) is 9.65. The van der Waals surface area contributed by atoms with Crippen LogP contribution >= 0.6 is 15.9 Å². The molecule has 0 spiro atoms. The lowest BCUT2D eigenvalue weighted by Gasteiger charge is -2.16.